The molecule has 0 saturated carbocycles. The van der Waals surface area contributed by atoms with Crippen LogP contribution in [0.5, 0.6) is 5.75 Å². The first kappa shape index (κ1) is 19.6. The Morgan fingerprint density at radius 1 is 1.27 bits per heavy atom. The van der Waals surface area contributed by atoms with Gasteiger partial charge in [0, 0.05) is 25.7 Å². The maximum atomic E-state index is 12.4. The van der Waals surface area contributed by atoms with Crippen molar-refractivity contribution in [2.45, 2.75) is 52.8 Å². The summed E-state index contributed by atoms with van der Waals surface area (Å²) in [5.74, 6) is 0.959. The molecule has 0 bridgehead atoms. The number of unbranched alkanes of at least 4 members (excludes halogenated alkanes) is 1. The lowest BCUT2D eigenvalue weighted by Gasteiger charge is -2.23. The molecular weight excluding hydrogens is 332 g/mol. The largest absolute Gasteiger partial charge is 0.491 e. The number of nitrogens with zero attached hydrogens (tertiary/aromatic N) is 2. The molecule has 7 nitrogen and oxygen atoms in total. The van der Waals surface area contributed by atoms with Crippen LogP contribution in [0.25, 0.3) is 0 Å². The molecule has 0 unspecified atom stereocenters. The van der Waals surface area contributed by atoms with Crippen molar-refractivity contribution in [1.29, 1.82) is 0 Å². The number of aromatic nitrogens is 2. The summed E-state index contributed by atoms with van der Waals surface area (Å²) in [6.45, 7) is 6.87. The molecular formula is C19H28N4O3. The average molecular weight is 360 g/mol. The van der Waals surface area contributed by atoms with Gasteiger partial charge in [0.15, 0.2) is 0 Å². The molecule has 26 heavy (non-hydrogen) atoms. The topological polar surface area (TPSA) is 93.3 Å². The van der Waals surface area contributed by atoms with Crippen LogP contribution in [0.4, 0.5) is 11.5 Å². The summed E-state index contributed by atoms with van der Waals surface area (Å²) >= 11 is 0. The Bertz CT molecular complexity index is 855. The molecule has 7 heteroatoms. The van der Waals surface area contributed by atoms with Crippen LogP contribution in [0.15, 0.2) is 33.9 Å². The quantitative estimate of drug-likeness (QED) is 0.754. The fraction of sp³-hybridized carbons (Fsp3) is 0.474. The molecule has 3 N–H and O–H groups in total. The van der Waals surface area contributed by atoms with E-state index in [0.29, 0.717) is 18.8 Å². The van der Waals surface area contributed by atoms with Gasteiger partial charge < -0.3 is 15.4 Å². The third-order valence-corrected chi connectivity index (χ3v) is 4.07. The number of ether oxygens (including phenoxy) is 1. The lowest BCUT2D eigenvalue weighted by molar-refractivity contribution is 0.240. The average Bonchev–Trinajstić information content (AvgIpc) is 2.55. The Balaban J connectivity index is 2.37. The molecule has 0 aliphatic carbocycles. The first-order valence-electron chi connectivity index (χ1n) is 8.93. The zero-order chi connectivity index (χ0) is 19.3. The second kappa shape index (κ2) is 8.60. The zero-order valence-corrected chi connectivity index (χ0v) is 15.9. The van der Waals surface area contributed by atoms with Gasteiger partial charge in [-0.05, 0) is 26.3 Å². The van der Waals surface area contributed by atoms with Gasteiger partial charge in [0.05, 0.1) is 6.10 Å². The van der Waals surface area contributed by atoms with Gasteiger partial charge in [0.1, 0.15) is 17.3 Å². The highest BCUT2D eigenvalue weighted by molar-refractivity contribution is 5.62. The van der Waals surface area contributed by atoms with Crippen LogP contribution in [0.3, 0.4) is 0 Å². The number of hydrogen-bond acceptors (Lipinski definition) is 5. The van der Waals surface area contributed by atoms with Crippen LogP contribution in [0, 0.1) is 0 Å². The summed E-state index contributed by atoms with van der Waals surface area (Å²) < 4.78 is 7.26. The van der Waals surface area contributed by atoms with Crippen LogP contribution in [-0.4, -0.2) is 22.7 Å². The van der Waals surface area contributed by atoms with Gasteiger partial charge in [-0.25, -0.2) is 4.79 Å². The smallest absolute Gasteiger partial charge is 0.330 e. The molecule has 2 aromatic rings. The first-order chi connectivity index (χ1) is 12.3. The van der Waals surface area contributed by atoms with E-state index in [2.05, 4.69) is 4.98 Å². The molecule has 0 atom stereocenters. The zero-order valence-electron chi connectivity index (χ0n) is 15.9. The number of H-pyrrole nitrogens is 1. The lowest BCUT2D eigenvalue weighted by Crippen LogP contribution is -2.37. The molecule has 1 heterocycles. The van der Waals surface area contributed by atoms with Crippen LogP contribution < -0.4 is 26.6 Å². The standard InChI is InChI=1S/C19H28N4O3/c1-5-6-11-23-17(20)16(18(24)21-19(23)25)22(4)12-14-9-7-8-10-15(14)26-13(2)3/h7-10,13H,5-6,11-12,20H2,1-4H3,(H,21,24,25). The number of para-hydroxylation sites is 1. The molecule has 0 aliphatic heterocycles. The Hall–Kier alpha value is -2.70. The van der Waals surface area contributed by atoms with E-state index in [9.17, 15) is 9.59 Å². The van der Waals surface area contributed by atoms with E-state index in [-0.39, 0.29) is 11.9 Å². The third-order valence-electron chi connectivity index (χ3n) is 4.07. The molecule has 0 aliphatic rings. The van der Waals surface area contributed by atoms with Crippen molar-refractivity contribution in [2.75, 3.05) is 17.7 Å². The van der Waals surface area contributed by atoms with E-state index < -0.39 is 11.2 Å². The Morgan fingerprint density at radius 3 is 2.62 bits per heavy atom. The highest BCUT2D eigenvalue weighted by Gasteiger charge is 2.17. The summed E-state index contributed by atoms with van der Waals surface area (Å²) in [5, 5.41) is 0. The number of nitrogens with two attached hydrogens (primary N) is 1. The second-order valence-corrected chi connectivity index (χ2v) is 6.63. The van der Waals surface area contributed by atoms with Gasteiger partial charge in [-0.1, -0.05) is 31.5 Å². The summed E-state index contributed by atoms with van der Waals surface area (Å²) in [6, 6.07) is 7.68. The number of nitrogen functional groups attached to an aromatic ring is 1. The maximum absolute atomic E-state index is 12.4. The number of benzene rings is 1. The minimum atomic E-state index is -0.481. The van der Waals surface area contributed by atoms with Crippen LogP contribution in [-0.2, 0) is 13.1 Å². The number of rotatable bonds is 8. The molecule has 2 rings (SSSR count). The molecule has 1 aromatic carbocycles. The van der Waals surface area contributed by atoms with Crippen molar-refractivity contribution in [3.63, 3.8) is 0 Å². The van der Waals surface area contributed by atoms with Crippen molar-refractivity contribution in [3.8, 4) is 5.75 Å². The van der Waals surface area contributed by atoms with E-state index in [0.717, 1.165) is 24.2 Å². The Labute approximate surface area is 153 Å². The SMILES string of the molecule is CCCCn1c(N)c(N(C)Cc2ccccc2OC(C)C)c(=O)[nH]c1=O. The summed E-state index contributed by atoms with van der Waals surface area (Å²) in [5.41, 5.74) is 6.45. The van der Waals surface area contributed by atoms with E-state index >= 15 is 0 Å². The summed E-state index contributed by atoms with van der Waals surface area (Å²) in [4.78, 5) is 28.5. The minimum Gasteiger partial charge on any atom is -0.491 e. The summed E-state index contributed by atoms with van der Waals surface area (Å²) in [6.07, 6.45) is 1.78. The van der Waals surface area contributed by atoms with Gasteiger partial charge in [-0.15, -0.1) is 0 Å². The molecule has 142 valence electrons. The van der Waals surface area contributed by atoms with Crippen molar-refractivity contribution < 1.29 is 4.74 Å². The molecule has 0 saturated heterocycles. The number of hydrogen-bond donors (Lipinski definition) is 2. The second-order valence-electron chi connectivity index (χ2n) is 6.63. The molecule has 0 fully saturated rings. The van der Waals surface area contributed by atoms with E-state index in [1.165, 1.54) is 4.57 Å². The maximum Gasteiger partial charge on any atom is 0.330 e. The molecule has 0 radical (unpaired) electrons. The van der Waals surface area contributed by atoms with Gasteiger partial charge in [-0.3, -0.25) is 14.3 Å². The number of aromatic amines is 1. The Kier molecular flexibility index (Phi) is 6.49. The number of nitrogens with one attached hydrogen (secondary N) is 1. The van der Waals surface area contributed by atoms with Crippen molar-refractivity contribution >= 4 is 11.5 Å². The predicted octanol–water partition coefficient (Wildman–Crippen LogP) is 2.34. The van der Waals surface area contributed by atoms with Gasteiger partial charge >= 0.3 is 5.69 Å². The van der Waals surface area contributed by atoms with Gasteiger partial charge in [0.2, 0.25) is 0 Å². The first-order valence-corrected chi connectivity index (χ1v) is 8.93. The Morgan fingerprint density at radius 2 is 1.96 bits per heavy atom. The van der Waals surface area contributed by atoms with Crippen LogP contribution >= 0.6 is 0 Å². The van der Waals surface area contributed by atoms with Gasteiger partial charge in [0.25, 0.3) is 5.56 Å². The van der Waals surface area contributed by atoms with Crippen LogP contribution in [0.1, 0.15) is 39.2 Å². The highest BCUT2D eigenvalue weighted by atomic mass is 16.5. The molecule has 0 amide bonds. The van der Waals surface area contributed by atoms with E-state index in [1.54, 1.807) is 11.9 Å². The normalized spacial score (nSPS) is 11.0. The lowest BCUT2D eigenvalue weighted by atomic mass is 10.2. The third kappa shape index (κ3) is 4.47. The summed E-state index contributed by atoms with van der Waals surface area (Å²) in [7, 11) is 1.78. The highest BCUT2D eigenvalue weighted by Crippen LogP contribution is 2.24. The van der Waals surface area contributed by atoms with E-state index in [1.807, 2.05) is 45.0 Å². The van der Waals surface area contributed by atoms with Crippen LogP contribution in [0.2, 0.25) is 0 Å². The molecule has 0 spiro atoms. The fourth-order valence-electron chi connectivity index (χ4n) is 2.82. The van der Waals surface area contributed by atoms with Crippen molar-refractivity contribution in [2.24, 2.45) is 0 Å². The monoisotopic (exact) mass is 360 g/mol. The van der Waals surface area contributed by atoms with Gasteiger partial charge in [-0.2, -0.15) is 0 Å². The minimum absolute atomic E-state index is 0.0471. The number of anilines is 2. The fourth-order valence-corrected chi connectivity index (χ4v) is 2.82. The predicted molar refractivity (Wildman–Crippen MR) is 105 cm³/mol. The molecule has 1 aromatic heterocycles. The van der Waals surface area contributed by atoms with Crippen molar-refractivity contribution in [1.82, 2.24) is 9.55 Å². The van der Waals surface area contributed by atoms with E-state index in [4.69, 9.17) is 10.5 Å². The van der Waals surface area contributed by atoms with Crippen molar-refractivity contribution in [3.05, 3.63) is 50.7 Å².